The first-order chi connectivity index (χ1) is 19.8. The standard InChI is InChI=1S/C30H31F2N3O6S/c1-42(38,39)16-2-15-40-23-7-5-20(6-8-23)21-3-4-22-18-25(41-24(22)17-21)26(36)34-29(11-13-30(31,32)14-12-29)27(37)35-28(19-33)9-10-28/h3-8,17-18H,2,9-16H2,1H3,(H,34,36)(H,35,37). The van der Waals surface area contributed by atoms with Gasteiger partial charge < -0.3 is 19.8 Å². The van der Waals surface area contributed by atoms with E-state index < -0.39 is 51.5 Å². The van der Waals surface area contributed by atoms with Crippen molar-refractivity contribution in [2.24, 2.45) is 0 Å². The molecule has 1 heterocycles. The van der Waals surface area contributed by atoms with Crippen molar-refractivity contribution in [3.05, 3.63) is 54.3 Å². The van der Waals surface area contributed by atoms with Crippen molar-refractivity contribution >= 4 is 32.6 Å². The number of ether oxygens (including phenoxy) is 1. The van der Waals surface area contributed by atoms with Crippen molar-refractivity contribution in [2.75, 3.05) is 18.6 Å². The van der Waals surface area contributed by atoms with E-state index in [-0.39, 0.29) is 31.0 Å². The molecule has 2 fully saturated rings. The number of benzene rings is 2. The number of nitrogens with one attached hydrogen (secondary N) is 2. The summed E-state index contributed by atoms with van der Waals surface area (Å²) in [7, 11) is -3.04. The summed E-state index contributed by atoms with van der Waals surface area (Å²) in [4.78, 5) is 26.5. The zero-order chi connectivity index (χ0) is 30.2. The van der Waals surface area contributed by atoms with E-state index in [1.54, 1.807) is 24.3 Å². The minimum Gasteiger partial charge on any atom is -0.494 e. The predicted molar refractivity (Wildman–Crippen MR) is 151 cm³/mol. The van der Waals surface area contributed by atoms with Crippen LogP contribution in [0, 0.1) is 11.3 Å². The Hall–Kier alpha value is -3.98. The molecule has 2 aliphatic rings. The van der Waals surface area contributed by atoms with Crippen molar-refractivity contribution in [1.82, 2.24) is 10.6 Å². The molecule has 0 unspecified atom stereocenters. The number of amides is 2. The number of rotatable bonds is 10. The van der Waals surface area contributed by atoms with Crippen LogP contribution in [0.5, 0.6) is 5.75 Å². The molecule has 3 aromatic rings. The number of carbonyl (C=O) groups excluding carboxylic acids is 2. The molecule has 0 saturated heterocycles. The van der Waals surface area contributed by atoms with E-state index in [0.717, 1.165) is 11.1 Å². The average molecular weight is 600 g/mol. The van der Waals surface area contributed by atoms with Gasteiger partial charge in [-0.25, -0.2) is 17.2 Å². The van der Waals surface area contributed by atoms with Crippen LogP contribution < -0.4 is 15.4 Å². The maximum absolute atomic E-state index is 14.0. The van der Waals surface area contributed by atoms with Crippen LogP contribution in [0.3, 0.4) is 0 Å². The highest BCUT2D eigenvalue weighted by Gasteiger charge is 2.53. The zero-order valence-electron chi connectivity index (χ0n) is 23.0. The molecule has 1 aromatic heterocycles. The maximum Gasteiger partial charge on any atom is 0.287 e. The van der Waals surface area contributed by atoms with Crippen LogP contribution in [0.2, 0.25) is 0 Å². The smallest absolute Gasteiger partial charge is 0.287 e. The lowest BCUT2D eigenvalue weighted by Gasteiger charge is -2.39. The molecule has 222 valence electrons. The molecule has 42 heavy (non-hydrogen) atoms. The van der Waals surface area contributed by atoms with Gasteiger partial charge in [-0.15, -0.1) is 0 Å². The van der Waals surface area contributed by atoms with Crippen molar-refractivity contribution in [1.29, 1.82) is 5.26 Å². The number of nitrogens with zero attached hydrogens (tertiary/aromatic N) is 1. The van der Waals surface area contributed by atoms with E-state index in [2.05, 4.69) is 16.7 Å². The zero-order valence-corrected chi connectivity index (χ0v) is 23.9. The Morgan fingerprint density at radius 1 is 0.976 bits per heavy atom. The van der Waals surface area contributed by atoms with Gasteiger partial charge in [-0.05, 0) is 67.5 Å². The molecule has 0 spiro atoms. The summed E-state index contributed by atoms with van der Waals surface area (Å²) < 4.78 is 61.9. The first kappa shape index (κ1) is 29.5. The van der Waals surface area contributed by atoms with Gasteiger partial charge in [0, 0.05) is 24.5 Å². The Morgan fingerprint density at radius 3 is 2.26 bits per heavy atom. The molecule has 5 rings (SSSR count). The van der Waals surface area contributed by atoms with Crippen molar-refractivity contribution in [3.8, 4) is 22.9 Å². The van der Waals surface area contributed by atoms with Crippen molar-refractivity contribution in [2.45, 2.75) is 61.9 Å². The number of fused-ring (bicyclic) bond motifs is 1. The molecular weight excluding hydrogens is 568 g/mol. The molecule has 0 bridgehead atoms. The lowest BCUT2D eigenvalue weighted by Crippen LogP contribution is -2.62. The van der Waals surface area contributed by atoms with Gasteiger partial charge in [-0.2, -0.15) is 5.26 Å². The summed E-state index contributed by atoms with van der Waals surface area (Å²) in [5.74, 6) is -3.67. The minimum absolute atomic E-state index is 0.0558. The fourth-order valence-corrected chi connectivity index (χ4v) is 5.68. The van der Waals surface area contributed by atoms with Gasteiger partial charge >= 0.3 is 0 Å². The van der Waals surface area contributed by atoms with Gasteiger partial charge in [0.2, 0.25) is 11.8 Å². The summed E-state index contributed by atoms with van der Waals surface area (Å²) in [6.07, 6.45) is 0.879. The Balaban J connectivity index is 1.29. The molecule has 9 nitrogen and oxygen atoms in total. The van der Waals surface area contributed by atoms with Gasteiger partial charge in [0.25, 0.3) is 5.91 Å². The fraction of sp³-hybridized carbons (Fsp3) is 0.433. The number of furan rings is 1. The number of halogens is 2. The van der Waals surface area contributed by atoms with Crippen LogP contribution in [0.15, 0.2) is 52.9 Å². The van der Waals surface area contributed by atoms with Gasteiger partial charge in [0.05, 0.1) is 18.4 Å². The number of sulfone groups is 1. The molecule has 2 saturated carbocycles. The van der Waals surface area contributed by atoms with Crippen LogP contribution in [0.25, 0.3) is 22.1 Å². The molecule has 0 aliphatic heterocycles. The molecular formula is C30H31F2N3O6S. The van der Waals surface area contributed by atoms with Crippen LogP contribution >= 0.6 is 0 Å². The molecule has 0 atom stereocenters. The summed E-state index contributed by atoms with van der Waals surface area (Å²) in [6.45, 7) is 0.278. The normalized spacial score (nSPS) is 18.5. The van der Waals surface area contributed by atoms with E-state index in [4.69, 9.17) is 9.15 Å². The molecule has 2 aromatic carbocycles. The topological polar surface area (TPSA) is 138 Å². The lowest BCUT2D eigenvalue weighted by molar-refractivity contribution is -0.133. The fourth-order valence-electron chi connectivity index (χ4n) is 5.03. The number of alkyl halides is 2. The molecule has 2 N–H and O–H groups in total. The second-order valence-electron chi connectivity index (χ2n) is 11.3. The van der Waals surface area contributed by atoms with E-state index >= 15 is 0 Å². The molecule has 2 amide bonds. The summed E-state index contributed by atoms with van der Waals surface area (Å²) in [5, 5.41) is 15.4. The highest BCUT2D eigenvalue weighted by atomic mass is 32.2. The van der Waals surface area contributed by atoms with E-state index in [1.165, 1.54) is 12.3 Å². The van der Waals surface area contributed by atoms with Crippen LogP contribution in [-0.4, -0.2) is 55.8 Å². The summed E-state index contributed by atoms with van der Waals surface area (Å²) >= 11 is 0. The van der Waals surface area contributed by atoms with Crippen LogP contribution in [0.1, 0.15) is 55.5 Å². The Labute approximate surface area is 242 Å². The predicted octanol–water partition coefficient (Wildman–Crippen LogP) is 4.76. The van der Waals surface area contributed by atoms with E-state index in [1.807, 2.05) is 18.2 Å². The van der Waals surface area contributed by atoms with E-state index in [0.29, 0.717) is 36.0 Å². The third-order valence-electron chi connectivity index (χ3n) is 7.80. The first-order valence-corrected chi connectivity index (χ1v) is 15.8. The largest absolute Gasteiger partial charge is 0.494 e. The highest BCUT2D eigenvalue weighted by molar-refractivity contribution is 7.90. The second kappa shape index (κ2) is 11.0. The minimum atomic E-state index is -3.04. The molecule has 0 radical (unpaired) electrons. The van der Waals surface area contributed by atoms with Gasteiger partial charge in [-0.1, -0.05) is 24.3 Å². The summed E-state index contributed by atoms with van der Waals surface area (Å²) in [6, 6.07) is 16.2. The van der Waals surface area contributed by atoms with E-state index in [9.17, 15) is 32.0 Å². The van der Waals surface area contributed by atoms with Gasteiger partial charge in [0.1, 0.15) is 32.2 Å². The number of hydrogen-bond acceptors (Lipinski definition) is 7. The van der Waals surface area contributed by atoms with Gasteiger partial charge in [0.15, 0.2) is 5.76 Å². The van der Waals surface area contributed by atoms with Crippen LogP contribution in [-0.2, 0) is 14.6 Å². The summed E-state index contributed by atoms with van der Waals surface area (Å²) in [5.41, 5.74) is -0.497. The Kier molecular flexibility index (Phi) is 7.74. The third-order valence-corrected chi connectivity index (χ3v) is 8.83. The SMILES string of the molecule is CS(=O)(=O)CCCOc1ccc(-c2ccc3cc(C(=O)NC4(C(=O)NC5(C#N)CC5)CCC(F)(F)CC4)oc3c2)cc1. The number of hydrogen-bond donors (Lipinski definition) is 2. The quantitative estimate of drug-likeness (QED) is 0.320. The number of nitriles is 1. The van der Waals surface area contributed by atoms with Crippen LogP contribution in [0.4, 0.5) is 8.78 Å². The van der Waals surface area contributed by atoms with Crippen molar-refractivity contribution in [3.63, 3.8) is 0 Å². The maximum atomic E-state index is 14.0. The Morgan fingerprint density at radius 2 is 1.64 bits per heavy atom. The molecule has 12 heteroatoms. The second-order valence-corrected chi connectivity index (χ2v) is 13.5. The average Bonchev–Trinajstić information content (AvgIpc) is 3.58. The highest BCUT2D eigenvalue weighted by Crippen LogP contribution is 2.41. The monoisotopic (exact) mass is 599 g/mol. The van der Waals surface area contributed by atoms with Crippen molar-refractivity contribution < 1.29 is 35.9 Å². The molecule has 2 aliphatic carbocycles. The lowest BCUT2D eigenvalue weighted by atomic mass is 9.78. The van der Waals surface area contributed by atoms with Gasteiger partial charge in [-0.3, -0.25) is 9.59 Å². The Bertz CT molecular complexity index is 1650. The first-order valence-electron chi connectivity index (χ1n) is 13.7. The third kappa shape index (κ3) is 6.73. The number of carbonyl (C=O) groups is 2.